The van der Waals surface area contributed by atoms with Crippen molar-refractivity contribution in [3.8, 4) is 5.69 Å². The maximum atomic E-state index is 12.3. The highest BCUT2D eigenvalue weighted by Gasteiger charge is 2.26. The van der Waals surface area contributed by atoms with Gasteiger partial charge in [-0.2, -0.15) is 5.10 Å². The van der Waals surface area contributed by atoms with Gasteiger partial charge in [-0.1, -0.05) is 29.8 Å². The zero-order valence-corrected chi connectivity index (χ0v) is 14.5. The number of hydrogen-bond donors (Lipinski definition) is 1. The number of alkyl carbamates (subject to hydrolysis) is 1. The number of methoxy groups -OCH3 is 1. The van der Waals surface area contributed by atoms with E-state index in [9.17, 15) is 14.4 Å². The molecule has 0 bridgehead atoms. The van der Waals surface area contributed by atoms with Crippen molar-refractivity contribution in [3.63, 3.8) is 0 Å². The van der Waals surface area contributed by atoms with Gasteiger partial charge in [-0.05, 0) is 26.0 Å². The monoisotopic (exact) mass is 365 g/mol. The lowest BCUT2D eigenvalue weighted by Crippen LogP contribution is -2.39. The predicted molar refractivity (Wildman–Crippen MR) is 88.7 cm³/mol. The van der Waals surface area contributed by atoms with Crippen LogP contribution < -0.4 is 5.32 Å². The molecule has 0 aliphatic carbocycles. The second kappa shape index (κ2) is 7.80. The molecule has 0 aliphatic rings. The van der Waals surface area contributed by atoms with Crippen LogP contribution in [0.1, 0.15) is 23.0 Å². The second-order valence-electron chi connectivity index (χ2n) is 5.03. The van der Waals surface area contributed by atoms with E-state index in [1.807, 2.05) is 11.4 Å². The Hall–Kier alpha value is -2.87. The molecule has 0 saturated heterocycles. The van der Waals surface area contributed by atoms with E-state index in [4.69, 9.17) is 16.3 Å². The fraction of sp³-hybridized carbons (Fsp3) is 0.250. The van der Waals surface area contributed by atoms with E-state index in [1.165, 1.54) is 11.6 Å². The number of imide groups is 1. The van der Waals surface area contributed by atoms with Crippen molar-refractivity contribution < 1.29 is 23.9 Å². The van der Waals surface area contributed by atoms with Gasteiger partial charge in [-0.25, -0.2) is 14.3 Å². The Balaban J connectivity index is 2.19. The SMILES string of the molecule is COC(=O)NC(=O)[C@@H](C)OC(=O)c1c(C)nn(-c2ccccc2)c1Cl. The lowest BCUT2D eigenvalue weighted by atomic mass is 10.2. The number of esters is 1. The first-order valence-electron chi connectivity index (χ1n) is 7.25. The van der Waals surface area contributed by atoms with Gasteiger partial charge < -0.3 is 9.47 Å². The average molecular weight is 366 g/mol. The van der Waals surface area contributed by atoms with Crippen LogP contribution in [0.3, 0.4) is 0 Å². The lowest BCUT2D eigenvalue weighted by Gasteiger charge is -2.12. The molecule has 0 aliphatic heterocycles. The van der Waals surface area contributed by atoms with Gasteiger partial charge in [-0.3, -0.25) is 10.1 Å². The fourth-order valence-corrected chi connectivity index (χ4v) is 2.35. The van der Waals surface area contributed by atoms with Crippen molar-refractivity contribution in [1.82, 2.24) is 15.1 Å². The fourth-order valence-electron chi connectivity index (χ4n) is 2.00. The molecule has 2 aromatic rings. The number of amides is 2. The summed E-state index contributed by atoms with van der Waals surface area (Å²) >= 11 is 6.25. The average Bonchev–Trinajstić information content (AvgIpc) is 2.89. The number of para-hydroxylation sites is 1. The second-order valence-corrected chi connectivity index (χ2v) is 5.38. The van der Waals surface area contributed by atoms with E-state index in [1.54, 1.807) is 31.2 Å². The number of carbonyl (C=O) groups excluding carboxylic acids is 3. The third kappa shape index (κ3) is 4.16. The molecule has 1 aromatic carbocycles. The highest BCUT2D eigenvalue weighted by atomic mass is 35.5. The summed E-state index contributed by atoms with van der Waals surface area (Å²) in [6.07, 6.45) is -2.17. The number of hydrogen-bond acceptors (Lipinski definition) is 6. The molecule has 2 amide bonds. The molecular formula is C16H16ClN3O5. The standard InChI is InChI=1S/C16H16ClN3O5/c1-9-12(13(17)20(19-9)11-7-5-4-6-8-11)15(22)25-10(2)14(21)18-16(23)24-3/h4-8,10H,1-3H3,(H,18,21,23)/t10-/m1/s1. The molecule has 0 fully saturated rings. The van der Waals surface area contributed by atoms with Crippen molar-refractivity contribution in [2.45, 2.75) is 20.0 Å². The first-order chi connectivity index (χ1) is 11.8. The van der Waals surface area contributed by atoms with Crippen molar-refractivity contribution >= 4 is 29.6 Å². The number of aryl methyl sites for hydroxylation is 1. The van der Waals surface area contributed by atoms with Gasteiger partial charge in [0.05, 0.1) is 18.5 Å². The number of nitrogens with zero attached hydrogens (tertiary/aromatic N) is 2. The summed E-state index contributed by atoms with van der Waals surface area (Å²) in [4.78, 5) is 35.1. The zero-order chi connectivity index (χ0) is 18.6. The summed E-state index contributed by atoms with van der Waals surface area (Å²) in [5.74, 6) is -1.64. The summed E-state index contributed by atoms with van der Waals surface area (Å²) in [5, 5.41) is 6.20. The van der Waals surface area contributed by atoms with Gasteiger partial charge in [-0.15, -0.1) is 0 Å². The molecule has 0 spiro atoms. The minimum absolute atomic E-state index is 0.0447. The van der Waals surface area contributed by atoms with Gasteiger partial charge in [0.25, 0.3) is 5.91 Å². The highest BCUT2D eigenvalue weighted by Crippen LogP contribution is 2.24. The van der Waals surface area contributed by atoms with E-state index in [0.29, 0.717) is 11.4 Å². The van der Waals surface area contributed by atoms with Gasteiger partial charge >= 0.3 is 12.1 Å². The molecule has 0 saturated carbocycles. The Morgan fingerprint density at radius 3 is 2.48 bits per heavy atom. The molecule has 9 heteroatoms. The van der Waals surface area contributed by atoms with E-state index < -0.39 is 24.1 Å². The Labute approximate surface area is 148 Å². The molecule has 1 N–H and O–H groups in total. The van der Waals surface area contributed by atoms with E-state index in [0.717, 1.165) is 7.11 Å². The van der Waals surface area contributed by atoms with E-state index in [-0.39, 0.29) is 10.7 Å². The number of carbonyl (C=O) groups is 3. The Kier molecular flexibility index (Phi) is 5.76. The third-order valence-corrected chi connectivity index (χ3v) is 3.62. The Morgan fingerprint density at radius 1 is 1.24 bits per heavy atom. The molecule has 2 rings (SSSR count). The van der Waals surface area contributed by atoms with Crippen LogP contribution >= 0.6 is 11.6 Å². The first-order valence-corrected chi connectivity index (χ1v) is 7.63. The van der Waals surface area contributed by atoms with Crippen LogP contribution in [0, 0.1) is 6.92 Å². The minimum atomic E-state index is -1.22. The molecule has 25 heavy (non-hydrogen) atoms. The van der Waals surface area contributed by atoms with Crippen molar-refractivity contribution in [3.05, 3.63) is 46.7 Å². The molecule has 8 nitrogen and oxygen atoms in total. The molecule has 1 atom stereocenters. The normalized spacial score (nSPS) is 11.5. The van der Waals surface area contributed by atoms with Crippen LogP contribution in [0.4, 0.5) is 4.79 Å². The predicted octanol–water partition coefficient (Wildman–Crippen LogP) is 2.26. The number of aromatic nitrogens is 2. The largest absolute Gasteiger partial charge is 0.453 e. The lowest BCUT2D eigenvalue weighted by molar-refractivity contribution is -0.128. The highest BCUT2D eigenvalue weighted by molar-refractivity contribution is 6.33. The number of ether oxygens (including phenoxy) is 2. The van der Waals surface area contributed by atoms with Gasteiger partial charge in [0, 0.05) is 0 Å². The number of halogens is 1. The topological polar surface area (TPSA) is 99.5 Å². The molecular weight excluding hydrogens is 350 g/mol. The first kappa shape index (κ1) is 18.5. The van der Waals surface area contributed by atoms with Crippen LogP contribution in [-0.4, -0.2) is 41.0 Å². The van der Waals surface area contributed by atoms with Crippen molar-refractivity contribution in [1.29, 1.82) is 0 Å². The van der Waals surface area contributed by atoms with Crippen LogP contribution in [-0.2, 0) is 14.3 Å². The van der Waals surface area contributed by atoms with Crippen LogP contribution in [0.5, 0.6) is 0 Å². The maximum absolute atomic E-state index is 12.3. The van der Waals surface area contributed by atoms with Gasteiger partial charge in [0.2, 0.25) is 0 Å². The molecule has 0 radical (unpaired) electrons. The summed E-state index contributed by atoms with van der Waals surface area (Å²) < 4.78 is 10.8. The van der Waals surface area contributed by atoms with Crippen molar-refractivity contribution in [2.75, 3.05) is 7.11 Å². The summed E-state index contributed by atoms with van der Waals surface area (Å²) in [6, 6.07) is 9.00. The smallest absolute Gasteiger partial charge is 0.413 e. The third-order valence-electron chi connectivity index (χ3n) is 3.27. The van der Waals surface area contributed by atoms with Crippen LogP contribution in [0.15, 0.2) is 30.3 Å². The van der Waals surface area contributed by atoms with Crippen LogP contribution in [0.2, 0.25) is 5.15 Å². The van der Waals surface area contributed by atoms with E-state index >= 15 is 0 Å². The van der Waals surface area contributed by atoms with E-state index in [2.05, 4.69) is 9.84 Å². The molecule has 1 aromatic heterocycles. The Bertz CT molecular complexity index is 804. The summed E-state index contributed by atoms with van der Waals surface area (Å²) in [5.41, 5.74) is 1.06. The summed E-state index contributed by atoms with van der Waals surface area (Å²) in [7, 11) is 1.11. The van der Waals surface area contributed by atoms with Gasteiger partial charge in [0.15, 0.2) is 6.10 Å². The molecule has 132 valence electrons. The number of rotatable bonds is 4. The Morgan fingerprint density at radius 2 is 1.88 bits per heavy atom. The quantitative estimate of drug-likeness (QED) is 0.834. The molecule has 1 heterocycles. The zero-order valence-electron chi connectivity index (χ0n) is 13.8. The van der Waals surface area contributed by atoms with Crippen molar-refractivity contribution in [2.24, 2.45) is 0 Å². The minimum Gasteiger partial charge on any atom is -0.453 e. The number of benzene rings is 1. The van der Waals surface area contributed by atoms with Gasteiger partial charge in [0.1, 0.15) is 10.7 Å². The maximum Gasteiger partial charge on any atom is 0.413 e. The number of nitrogens with one attached hydrogen (secondary N) is 1. The van der Waals surface area contributed by atoms with Crippen LogP contribution in [0.25, 0.3) is 5.69 Å². The molecule has 0 unspecified atom stereocenters. The summed E-state index contributed by atoms with van der Waals surface area (Å²) in [6.45, 7) is 2.92.